The Balaban J connectivity index is 2.08. The van der Waals surface area contributed by atoms with E-state index in [0.717, 1.165) is 18.8 Å². The Morgan fingerprint density at radius 1 is 1.39 bits per heavy atom. The number of nitrogens with zero attached hydrogens (tertiary/aromatic N) is 3. The van der Waals surface area contributed by atoms with E-state index in [9.17, 15) is 0 Å². The number of hydrogen-bond donors (Lipinski definition) is 1. The van der Waals surface area contributed by atoms with E-state index in [4.69, 9.17) is 5.73 Å². The van der Waals surface area contributed by atoms with Gasteiger partial charge in [0.05, 0.1) is 5.69 Å². The number of benzene rings is 1. The molecule has 4 heteroatoms. The van der Waals surface area contributed by atoms with Crippen molar-refractivity contribution in [3.8, 4) is 0 Å². The molecule has 1 aromatic rings. The van der Waals surface area contributed by atoms with Crippen LogP contribution in [-0.2, 0) is 0 Å². The van der Waals surface area contributed by atoms with Crippen molar-refractivity contribution in [3.63, 3.8) is 0 Å². The molecule has 1 saturated heterocycles. The molecule has 0 radical (unpaired) electrons. The minimum absolute atomic E-state index is 0.493. The summed E-state index contributed by atoms with van der Waals surface area (Å²) in [5.74, 6) is 0.644. The Hall–Kier alpha value is -1.55. The number of nitrogens with two attached hydrogens (primary N) is 1. The van der Waals surface area contributed by atoms with Gasteiger partial charge in [-0.15, -0.1) is 0 Å². The third kappa shape index (κ3) is 3.23. The first-order valence-electron chi connectivity index (χ1n) is 6.47. The third-order valence-electron chi connectivity index (χ3n) is 3.25. The molecule has 1 fully saturated rings. The Bertz CT molecular complexity index is 400. The number of hydrogen-bond acceptors (Lipinski definition) is 2. The van der Waals surface area contributed by atoms with Crippen LogP contribution in [0.3, 0.4) is 0 Å². The minimum atomic E-state index is 0.493. The highest BCUT2D eigenvalue weighted by Crippen LogP contribution is 2.19. The fraction of sp³-hybridized carbons (Fsp3) is 0.500. The van der Waals surface area contributed by atoms with Crippen molar-refractivity contribution in [3.05, 3.63) is 30.3 Å². The lowest BCUT2D eigenvalue weighted by molar-refractivity contribution is 0.284. The average Bonchev–Trinajstić information content (AvgIpc) is 2.77. The highest BCUT2D eigenvalue weighted by atomic mass is 15.3. The monoisotopic (exact) mass is 246 g/mol. The van der Waals surface area contributed by atoms with Gasteiger partial charge in [-0.05, 0) is 39.1 Å². The molecule has 4 nitrogen and oxygen atoms in total. The summed E-state index contributed by atoms with van der Waals surface area (Å²) in [7, 11) is 4.20. The predicted molar refractivity (Wildman–Crippen MR) is 76.0 cm³/mol. The molecule has 1 atom stereocenters. The smallest absolute Gasteiger partial charge is 0.196 e. The van der Waals surface area contributed by atoms with Gasteiger partial charge >= 0.3 is 0 Å². The van der Waals surface area contributed by atoms with E-state index in [1.54, 1.807) is 0 Å². The molecule has 18 heavy (non-hydrogen) atoms. The van der Waals surface area contributed by atoms with E-state index in [1.165, 1.54) is 12.8 Å². The molecule has 0 aliphatic carbocycles. The lowest BCUT2D eigenvalue weighted by Crippen LogP contribution is -2.44. The van der Waals surface area contributed by atoms with E-state index < -0.39 is 0 Å². The molecular weight excluding hydrogens is 224 g/mol. The molecule has 0 saturated carbocycles. The van der Waals surface area contributed by atoms with Crippen LogP contribution in [0.25, 0.3) is 0 Å². The molecule has 1 aliphatic rings. The van der Waals surface area contributed by atoms with Gasteiger partial charge in [0.15, 0.2) is 5.96 Å². The molecule has 0 spiro atoms. The Morgan fingerprint density at radius 2 is 2.11 bits per heavy atom. The van der Waals surface area contributed by atoms with Gasteiger partial charge < -0.3 is 15.5 Å². The minimum Gasteiger partial charge on any atom is -0.369 e. The van der Waals surface area contributed by atoms with Crippen molar-refractivity contribution in [1.29, 1.82) is 0 Å². The third-order valence-corrected chi connectivity index (χ3v) is 3.25. The first-order chi connectivity index (χ1) is 8.66. The highest BCUT2D eigenvalue weighted by molar-refractivity contribution is 5.81. The first-order valence-corrected chi connectivity index (χ1v) is 6.47. The van der Waals surface area contributed by atoms with Crippen LogP contribution >= 0.6 is 0 Å². The molecule has 2 N–H and O–H groups in total. The highest BCUT2D eigenvalue weighted by Gasteiger charge is 2.26. The molecule has 1 unspecified atom stereocenters. The molecule has 0 amide bonds. The second-order valence-electron chi connectivity index (χ2n) is 5.06. The summed E-state index contributed by atoms with van der Waals surface area (Å²) in [6, 6.07) is 10.4. The number of aliphatic imine (C=N–C) groups is 1. The van der Waals surface area contributed by atoms with Crippen molar-refractivity contribution in [2.75, 3.05) is 27.2 Å². The number of guanidine groups is 1. The zero-order valence-electron chi connectivity index (χ0n) is 11.2. The van der Waals surface area contributed by atoms with Gasteiger partial charge in [0, 0.05) is 19.1 Å². The summed E-state index contributed by atoms with van der Waals surface area (Å²) in [6.07, 6.45) is 2.40. The Kier molecular flexibility index (Phi) is 4.20. The van der Waals surface area contributed by atoms with Crippen molar-refractivity contribution < 1.29 is 0 Å². The van der Waals surface area contributed by atoms with Crippen molar-refractivity contribution in [1.82, 2.24) is 9.80 Å². The zero-order chi connectivity index (χ0) is 13.0. The maximum absolute atomic E-state index is 6.13. The van der Waals surface area contributed by atoms with Crippen molar-refractivity contribution in [2.24, 2.45) is 10.7 Å². The zero-order valence-corrected chi connectivity index (χ0v) is 11.2. The topological polar surface area (TPSA) is 44.9 Å². The number of rotatable bonds is 3. The summed E-state index contributed by atoms with van der Waals surface area (Å²) < 4.78 is 0. The number of likely N-dealkylation sites (N-methyl/N-ethyl adjacent to an activating group) is 1. The van der Waals surface area contributed by atoms with Gasteiger partial charge in [0.1, 0.15) is 0 Å². The van der Waals surface area contributed by atoms with Gasteiger partial charge in [-0.3, -0.25) is 0 Å². The summed E-state index contributed by atoms with van der Waals surface area (Å²) in [4.78, 5) is 8.94. The first kappa shape index (κ1) is 12.9. The van der Waals surface area contributed by atoms with Gasteiger partial charge in [-0.25, -0.2) is 4.99 Å². The summed E-state index contributed by atoms with van der Waals surface area (Å²) in [5.41, 5.74) is 7.06. The van der Waals surface area contributed by atoms with E-state index >= 15 is 0 Å². The van der Waals surface area contributed by atoms with Crippen LogP contribution in [0.1, 0.15) is 12.8 Å². The van der Waals surface area contributed by atoms with Crippen LogP contribution in [0.2, 0.25) is 0 Å². The van der Waals surface area contributed by atoms with Gasteiger partial charge in [0.25, 0.3) is 0 Å². The standard InChI is InChI=1S/C14H22N4/c1-17(2)11-13-9-6-10-18(13)14(15)16-12-7-4-3-5-8-12/h3-5,7-8,13H,6,9-11H2,1-2H3,(H2,15,16). The largest absolute Gasteiger partial charge is 0.369 e. The quantitative estimate of drug-likeness (QED) is 0.651. The Morgan fingerprint density at radius 3 is 2.78 bits per heavy atom. The molecule has 0 bridgehead atoms. The SMILES string of the molecule is CN(C)CC1CCCN1C(N)=Nc1ccccc1. The van der Waals surface area contributed by atoms with E-state index in [-0.39, 0.29) is 0 Å². The molecule has 1 aliphatic heterocycles. The number of likely N-dealkylation sites (tertiary alicyclic amines) is 1. The van der Waals surface area contributed by atoms with Crippen molar-refractivity contribution in [2.45, 2.75) is 18.9 Å². The molecular formula is C14H22N4. The summed E-state index contributed by atoms with van der Waals surface area (Å²) in [6.45, 7) is 2.05. The maximum Gasteiger partial charge on any atom is 0.196 e. The molecule has 98 valence electrons. The van der Waals surface area contributed by atoms with Crippen molar-refractivity contribution >= 4 is 11.6 Å². The van der Waals surface area contributed by atoms with Crippen LogP contribution in [-0.4, -0.2) is 49.0 Å². The van der Waals surface area contributed by atoms with Crippen LogP contribution < -0.4 is 5.73 Å². The molecule has 0 aromatic heterocycles. The predicted octanol–water partition coefficient (Wildman–Crippen LogP) is 1.66. The Labute approximate surface area is 109 Å². The number of para-hydroxylation sites is 1. The van der Waals surface area contributed by atoms with Crippen LogP contribution in [0.4, 0.5) is 5.69 Å². The summed E-state index contributed by atoms with van der Waals surface area (Å²) >= 11 is 0. The lowest BCUT2D eigenvalue weighted by atomic mass is 10.2. The van der Waals surface area contributed by atoms with Crippen LogP contribution in [0.15, 0.2) is 35.3 Å². The lowest BCUT2D eigenvalue weighted by Gasteiger charge is -2.27. The normalized spacial score (nSPS) is 20.7. The van der Waals surface area contributed by atoms with Gasteiger partial charge in [-0.1, -0.05) is 18.2 Å². The van der Waals surface area contributed by atoms with E-state index in [1.807, 2.05) is 30.3 Å². The van der Waals surface area contributed by atoms with E-state index in [0.29, 0.717) is 12.0 Å². The molecule has 1 aromatic carbocycles. The second kappa shape index (κ2) is 5.87. The van der Waals surface area contributed by atoms with E-state index in [2.05, 4.69) is 28.9 Å². The molecule has 2 rings (SSSR count). The van der Waals surface area contributed by atoms with Gasteiger partial charge in [-0.2, -0.15) is 0 Å². The van der Waals surface area contributed by atoms with Gasteiger partial charge in [0.2, 0.25) is 0 Å². The maximum atomic E-state index is 6.13. The molecule has 1 heterocycles. The fourth-order valence-electron chi connectivity index (χ4n) is 2.45. The van der Waals surface area contributed by atoms with Crippen LogP contribution in [0, 0.1) is 0 Å². The van der Waals surface area contributed by atoms with Crippen LogP contribution in [0.5, 0.6) is 0 Å². The fourth-order valence-corrected chi connectivity index (χ4v) is 2.45. The second-order valence-corrected chi connectivity index (χ2v) is 5.06. The average molecular weight is 246 g/mol. The summed E-state index contributed by atoms with van der Waals surface area (Å²) in [5, 5.41) is 0.